The molecule has 2 heterocycles. The van der Waals surface area contributed by atoms with Crippen molar-refractivity contribution in [2.24, 2.45) is 11.7 Å². The predicted molar refractivity (Wildman–Crippen MR) is 125 cm³/mol. The van der Waals surface area contributed by atoms with Crippen molar-refractivity contribution in [3.8, 4) is 11.1 Å². The van der Waals surface area contributed by atoms with Crippen LogP contribution < -0.4 is 10.6 Å². The van der Waals surface area contributed by atoms with Crippen LogP contribution in [0.2, 0.25) is 0 Å². The minimum atomic E-state index is -0.455. The lowest BCUT2D eigenvalue weighted by atomic mass is 9.87. The number of aromatic nitrogens is 2. The fourth-order valence-corrected chi connectivity index (χ4v) is 4.62. The molecule has 1 atom stereocenters. The van der Waals surface area contributed by atoms with E-state index in [0.717, 1.165) is 62.0 Å². The molecule has 1 aliphatic carbocycles. The van der Waals surface area contributed by atoms with Crippen molar-refractivity contribution in [2.45, 2.75) is 38.0 Å². The van der Waals surface area contributed by atoms with Crippen LogP contribution in [-0.4, -0.2) is 53.9 Å². The number of hydrogen-bond acceptors (Lipinski definition) is 5. The maximum absolute atomic E-state index is 12.9. The van der Waals surface area contributed by atoms with Crippen LogP contribution in [0.5, 0.6) is 0 Å². The van der Waals surface area contributed by atoms with Crippen molar-refractivity contribution >= 4 is 17.8 Å². The second-order valence-corrected chi connectivity index (χ2v) is 8.89. The van der Waals surface area contributed by atoms with Gasteiger partial charge in [0.25, 0.3) is 0 Å². The first-order valence-electron chi connectivity index (χ1n) is 11.3. The molecule has 2 aromatic rings. The summed E-state index contributed by atoms with van der Waals surface area (Å²) >= 11 is 0. The van der Waals surface area contributed by atoms with E-state index < -0.39 is 5.91 Å². The monoisotopic (exact) mass is 433 g/mol. The van der Waals surface area contributed by atoms with Gasteiger partial charge in [-0.15, -0.1) is 0 Å². The molecule has 4 rings (SSSR count). The second kappa shape index (κ2) is 9.51. The van der Waals surface area contributed by atoms with Gasteiger partial charge in [-0.1, -0.05) is 24.3 Å². The van der Waals surface area contributed by atoms with Gasteiger partial charge in [0.1, 0.15) is 0 Å². The highest BCUT2D eigenvalue weighted by Gasteiger charge is 2.30. The van der Waals surface area contributed by atoms with E-state index in [1.807, 2.05) is 42.2 Å². The van der Waals surface area contributed by atoms with Crippen LogP contribution in [0, 0.1) is 5.92 Å². The van der Waals surface area contributed by atoms with Crippen molar-refractivity contribution < 1.29 is 9.59 Å². The third-order valence-electron chi connectivity index (χ3n) is 6.48. The largest absolute Gasteiger partial charge is 0.366 e. The smallest absolute Gasteiger partial charge is 0.248 e. The van der Waals surface area contributed by atoms with Crippen molar-refractivity contribution in [1.82, 2.24) is 14.9 Å². The number of carbonyl (C=O) groups excluding carboxylic acids is 2. The molecule has 7 heteroatoms. The fourth-order valence-electron chi connectivity index (χ4n) is 4.62. The van der Waals surface area contributed by atoms with E-state index >= 15 is 0 Å². The van der Waals surface area contributed by atoms with Crippen LogP contribution in [0.1, 0.15) is 54.1 Å². The van der Waals surface area contributed by atoms with Gasteiger partial charge in [0.15, 0.2) is 0 Å². The van der Waals surface area contributed by atoms with Crippen LogP contribution in [0.15, 0.2) is 42.6 Å². The van der Waals surface area contributed by atoms with Crippen molar-refractivity contribution in [3.05, 3.63) is 53.9 Å². The summed E-state index contributed by atoms with van der Waals surface area (Å²) in [6.07, 6.45) is 10.7. The van der Waals surface area contributed by atoms with Gasteiger partial charge >= 0.3 is 0 Å². The molecule has 1 aromatic carbocycles. The number of nitrogens with zero attached hydrogens (tertiary/aromatic N) is 4. The zero-order chi connectivity index (χ0) is 22.7. The second-order valence-electron chi connectivity index (χ2n) is 8.89. The Kier molecular flexibility index (Phi) is 6.53. The summed E-state index contributed by atoms with van der Waals surface area (Å²) < 4.78 is 0. The summed E-state index contributed by atoms with van der Waals surface area (Å²) in [5.41, 5.74) is 8.73. The van der Waals surface area contributed by atoms with E-state index in [-0.39, 0.29) is 11.8 Å². The molecule has 1 saturated heterocycles. The van der Waals surface area contributed by atoms with Gasteiger partial charge < -0.3 is 15.5 Å². The number of piperidine rings is 1. The molecule has 1 aromatic heterocycles. The molecular formula is C25H31N5O2. The molecule has 7 nitrogen and oxygen atoms in total. The van der Waals surface area contributed by atoms with Gasteiger partial charge in [-0.25, -0.2) is 9.97 Å². The molecule has 0 saturated carbocycles. The average Bonchev–Trinajstić information content (AvgIpc) is 2.84. The molecule has 2 aliphatic rings. The van der Waals surface area contributed by atoms with Crippen molar-refractivity contribution in [2.75, 3.05) is 32.1 Å². The molecule has 2 N–H and O–H groups in total. The number of allylic oxidation sites excluding steroid dienone is 2. The average molecular weight is 434 g/mol. The third-order valence-corrected chi connectivity index (χ3v) is 6.48. The van der Waals surface area contributed by atoms with Crippen LogP contribution in [0.25, 0.3) is 11.1 Å². The van der Waals surface area contributed by atoms with E-state index in [2.05, 4.69) is 17.1 Å². The van der Waals surface area contributed by atoms with Crippen LogP contribution >= 0.6 is 0 Å². The van der Waals surface area contributed by atoms with Crippen LogP contribution in [0.4, 0.5) is 5.95 Å². The van der Waals surface area contributed by atoms with Crippen molar-refractivity contribution in [3.63, 3.8) is 0 Å². The fraction of sp³-hybridized carbons (Fsp3) is 0.440. The minimum Gasteiger partial charge on any atom is -0.366 e. The highest BCUT2D eigenvalue weighted by atomic mass is 16.2. The highest BCUT2D eigenvalue weighted by Crippen LogP contribution is 2.35. The van der Waals surface area contributed by atoms with Crippen LogP contribution in [0.3, 0.4) is 0 Å². The maximum atomic E-state index is 12.9. The Labute approximate surface area is 189 Å². The molecule has 2 amide bonds. The lowest BCUT2D eigenvalue weighted by molar-refractivity contribution is -0.136. The number of anilines is 1. The Morgan fingerprint density at radius 3 is 2.56 bits per heavy atom. The number of likely N-dealkylation sites (tertiary alicyclic amines) is 1. The number of primary amides is 1. The Morgan fingerprint density at radius 2 is 1.91 bits per heavy atom. The minimum absolute atomic E-state index is 0.128. The van der Waals surface area contributed by atoms with Crippen LogP contribution in [-0.2, 0) is 4.79 Å². The molecule has 32 heavy (non-hydrogen) atoms. The molecule has 0 bridgehead atoms. The molecule has 1 fully saturated rings. The number of rotatable bonds is 5. The van der Waals surface area contributed by atoms with Gasteiger partial charge in [-0.05, 0) is 49.8 Å². The first kappa shape index (κ1) is 22.0. The summed E-state index contributed by atoms with van der Waals surface area (Å²) in [5, 5.41) is 0. The molecule has 168 valence electrons. The predicted octanol–water partition coefficient (Wildman–Crippen LogP) is 3.37. The Bertz CT molecular complexity index is 1020. The first-order valence-corrected chi connectivity index (χ1v) is 11.3. The standard InChI is InChI=1S/C25H31N5O2/c1-29(2)25-27-16-21(19-9-6-10-20(15-19)23(26)31)22(28-25)17-11-13-30(14-12-17)24(32)18-7-4-3-5-8-18/h3-4,6,9-10,15-18H,5,7-8,11-14H2,1-2H3,(H2,26,31)/t18-/m0/s1. The number of hydrogen-bond donors (Lipinski definition) is 1. The van der Waals surface area contributed by atoms with E-state index in [1.54, 1.807) is 12.1 Å². The maximum Gasteiger partial charge on any atom is 0.248 e. The van der Waals surface area contributed by atoms with Gasteiger partial charge in [0.2, 0.25) is 17.8 Å². The number of amides is 2. The Hall–Kier alpha value is -3.22. The zero-order valence-electron chi connectivity index (χ0n) is 18.8. The summed E-state index contributed by atoms with van der Waals surface area (Å²) in [5.74, 6) is 0.840. The first-order chi connectivity index (χ1) is 15.4. The summed E-state index contributed by atoms with van der Waals surface area (Å²) in [7, 11) is 3.85. The normalized spacial score (nSPS) is 19.1. The zero-order valence-corrected chi connectivity index (χ0v) is 18.8. The lowest BCUT2D eigenvalue weighted by Gasteiger charge is -2.35. The lowest BCUT2D eigenvalue weighted by Crippen LogP contribution is -2.41. The SMILES string of the molecule is CN(C)c1ncc(-c2cccc(C(N)=O)c2)c(C2CCN(C(=O)[C@H]3CC=CCC3)CC2)n1. The van der Waals surface area contributed by atoms with Crippen molar-refractivity contribution in [1.29, 1.82) is 0 Å². The number of carbonyl (C=O) groups is 2. The third kappa shape index (κ3) is 4.66. The summed E-state index contributed by atoms with van der Waals surface area (Å²) in [6.45, 7) is 1.48. The number of benzene rings is 1. The van der Waals surface area contributed by atoms with Gasteiger partial charge in [0, 0.05) is 56.3 Å². The number of nitrogens with two attached hydrogens (primary N) is 1. The van der Waals surface area contributed by atoms with Gasteiger partial charge in [0.05, 0.1) is 5.69 Å². The Morgan fingerprint density at radius 1 is 1.12 bits per heavy atom. The molecule has 0 spiro atoms. The van der Waals surface area contributed by atoms with E-state index in [4.69, 9.17) is 10.7 Å². The highest BCUT2D eigenvalue weighted by molar-refractivity contribution is 5.94. The summed E-state index contributed by atoms with van der Waals surface area (Å²) in [4.78, 5) is 38.0. The van der Waals surface area contributed by atoms with E-state index in [0.29, 0.717) is 17.4 Å². The van der Waals surface area contributed by atoms with E-state index in [9.17, 15) is 9.59 Å². The van der Waals surface area contributed by atoms with Gasteiger partial charge in [-0.2, -0.15) is 0 Å². The molecule has 0 unspecified atom stereocenters. The quantitative estimate of drug-likeness (QED) is 0.730. The molecular weight excluding hydrogens is 402 g/mol. The van der Waals surface area contributed by atoms with E-state index in [1.165, 1.54) is 0 Å². The Balaban J connectivity index is 1.58. The molecule has 0 radical (unpaired) electrons. The summed E-state index contributed by atoms with van der Waals surface area (Å²) in [6, 6.07) is 7.30. The van der Waals surface area contributed by atoms with Gasteiger partial charge in [-0.3, -0.25) is 9.59 Å². The topological polar surface area (TPSA) is 92.4 Å². The molecule has 1 aliphatic heterocycles.